The summed E-state index contributed by atoms with van der Waals surface area (Å²) >= 11 is 0. The number of guanidine groups is 1. The first-order valence-electron chi connectivity index (χ1n) is 4.06. The lowest BCUT2D eigenvalue weighted by molar-refractivity contribution is -0.121. The molecule has 0 saturated carbocycles. The summed E-state index contributed by atoms with van der Waals surface area (Å²) in [6.07, 6.45) is 0. The maximum atomic E-state index is 11.1. The average molecular weight is 204 g/mol. The van der Waals surface area contributed by atoms with Gasteiger partial charge in [0.1, 0.15) is 0 Å². The number of nitrogens with zero attached hydrogens (tertiary/aromatic N) is 2. The quantitative estimate of drug-likeness (QED) is 0.164. The van der Waals surface area contributed by atoms with Crippen LogP contribution in [0, 0.1) is 0 Å². The Kier molecular flexibility index (Phi) is 6.21. The van der Waals surface area contributed by atoms with Crippen molar-refractivity contribution in [3.8, 4) is 0 Å². The molecule has 7 heteroatoms. The molecule has 0 atom stereocenters. The van der Waals surface area contributed by atoms with Gasteiger partial charge in [-0.05, 0) is 0 Å². The van der Waals surface area contributed by atoms with Crippen LogP contribution in [-0.2, 0) is 9.53 Å². The largest absolute Gasteiger partial charge is 0.408 e. The molecule has 0 spiro atoms. The first-order valence-corrected chi connectivity index (χ1v) is 4.06. The number of hydrogen-bond donors (Lipinski definition) is 3. The second kappa shape index (κ2) is 6.96. The van der Waals surface area contributed by atoms with Crippen LogP contribution in [0.25, 0.3) is 0 Å². The molecule has 82 valence electrons. The lowest BCUT2D eigenvalue weighted by Gasteiger charge is -2.15. The van der Waals surface area contributed by atoms with Crippen molar-refractivity contribution in [2.24, 2.45) is 10.9 Å². The van der Waals surface area contributed by atoms with Crippen LogP contribution >= 0.6 is 0 Å². The predicted molar refractivity (Wildman–Crippen MR) is 50.9 cm³/mol. The van der Waals surface area contributed by atoms with Crippen LogP contribution in [0.5, 0.6) is 0 Å². The number of nitrogens with two attached hydrogens (primary N) is 1. The van der Waals surface area contributed by atoms with Gasteiger partial charge in [0.05, 0.1) is 13.2 Å². The maximum absolute atomic E-state index is 11.1. The molecule has 0 saturated heterocycles. The van der Waals surface area contributed by atoms with Crippen molar-refractivity contribution < 1.29 is 14.7 Å². The van der Waals surface area contributed by atoms with Gasteiger partial charge in [0, 0.05) is 20.7 Å². The second-order valence-electron chi connectivity index (χ2n) is 2.66. The van der Waals surface area contributed by atoms with Gasteiger partial charge in [0.25, 0.3) is 0 Å². The van der Waals surface area contributed by atoms with Crippen molar-refractivity contribution in [3.05, 3.63) is 0 Å². The van der Waals surface area contributed by atoms with E-state index in [1.54, 1.807) is 14.2 Å². The lowest BCUT2D eigenvalue weighted by atomic mass is 10.5. The molecule has 0 aliphatic carbocycles. The fraction of sp³-hybridized carbons (Fsp3) is 0.714. The van der Waals surface area contributed by atoms with Crippen molar-refractivity contribution in [2.45, 2.75) is 0 Å². The number of carbonyl (C=O) groups excluding carboxylic acids is 1. The molecule has 0 fully saturated rings. The molecule has 0 aliphatic rings. The zero-order chi connectivity index (χ0) is 11.0. The average Bonchev–Trinajstić information content (AvgIpc) is 2.16. The minimum atomic E-state index is -0.212. The van der Waals surface area contributed by atoms with E-state index in [2.05, 4.69) is 10.5 Å². The van der Waals surface area contributed by atoms with E-state index in [1.165, 1.54) is 4.90 Å². The van der Waals surface area contributed by atoms with Crippen molar-refractivity contribution in [3.63, 3.8) is 0 Å². The van der Waals surface area contributed by atoms with Crippen LogP contribution in [0.1, 0.15) is 0 Å². The highest BCUT2D eigenvalue weighted by Gasteiger charge is 2.07. The van der Waals surface area contributed by atoms with Crippen LogP contribution < -0.4 is 11.1 Å². The number of methoxy groups -OCH3 is 1. The van der Waals surface area contributed by atoms with E-state index in [-0.39, 0.29) is 18.4 Å². The van der Waals surface area contributed by atoms with Gasteiger partial charge in [-0.15, -0.1) is 0 Å². The summed E-state index contributed by atoms with van der Waals surface area (Å²) in [6.45, 7) is 0.942. The van der Waals surface area contributed by atoms with E-state index in [1.807, 2.05) is 0 Å². The molecule has 0 heterocycles. The summed E-state index contributed by atoms with van der Waals surface area (Å²) < 4.78 is 4.75. The summed E-state index contributed by atoms with van der Waals surface area (Å²) in [7, 11) is 3.10. The van der Waals surface area contributed by atoms with Crippen molar-refractivity contribution in [1.82, 2.24) is 10.2 Å². The summed E-state index contributed by atoms with van der Waals surface area (Å²) in [4.78, 5) is 12.5. The zero-order valence-electron chi connectivity index (χ0n) is 8.36. The molecule has 0 aromatic carbocycles. The van der Waals surface area contributed by atoms with Crippen LogP contribution in [0.15, 0.2) is 5.16 Å². The van der Waals surface area contributed by atoms with E-state index in [4.69, 9.17) is 15.7 Å². The smallest absolute Gasteiger partial charge is 0.239 e. The Morgan fingerprint density at radius 2 is 2.36 bits per heavy atom. The van der Waals surface area contributed by atoms with Crippen molar-refractivity contribution >= 4 is 11.9 Å². The molecule has 0 aromatic heterocycles. The van der Waals surface area contributed by atoms with E-state index in [9.17, 15) is 4.79 Å². The highest BCUT2D eigenvalue weighted by Crippen LogP contribution is 1.81. The Hall–Kier alpha value is -1.50. The highest BCUT2D eigenvalue weighted by molar-refractivity contribution is 5.85. The Morgan fingerprint density at radius 3 is 2.86 bits per heavy atom. The number of carbonyl (C=O) groups is 1. The van der Waals surface area contributed by atoms with Crippen LogP contribution in [0.3, 0.4) is 0 Å². The highest BCUT2D eigenvalue weighted by atomic mass is 16.5. The number of likely N-dealkylation sites (N-methyl/N-ethyl adjacent to an activating group) is 1. The third kappa shape index (κ3) is 5.20. The van der Waals surface area contributed by atoms with E-state index in [0.717, 1.165) is 0 Å². The monoisotopic (exact) mass is 204 g/mol. The fourth-order valence-corrected chi connectivity index (χ4v) is 0.721. The Labute approximate surface area is 82.5 Å². The molecule has 0 radical (unpaired) electrons. The molecule has 1 amide bonds. The van der Waals surface area contributed by atoms with Crippen LogP contribution in [0.2, 0.25) is 0 Å². The third-order valence-electron chi connectivity index (χ3n) is 1.50. The van der Waals surface area contributed by atoms with Gasteiger partial charge in [-0.25, -0.2) is 0 Å². The number of ether oxygens (including phenoxy) is 1. The Morgan fingerprint density at radius 1 is 1.71 bits per heavy atom. The molecule has 14 heavy (non-hydrogen) atoms. The molecule has 0 aromatic rings. The van der Waals surface area contributed by atoms with E-state index in [0.29, 0.717) is 13.2 Å². The Bertz CT molecular complexity index is 207. The van der Waals surface area contributed by atoms with Crippen LogP contribution in [-0.4, -0.2) is 55.8 Å². The normalized spacial score (nSPS) is 11.1. The lowest BCUT2D eigenvalue weighted by Crippen LogP contribution is -2.42. The van der Waals surface area contributed by atoms with Crippen molar-refractivity contribution in [1.29, 1.82) is 0 Å². The molecular formula is C7H16N4O3. The van der Waals surface area contributed by atoms with Crippen LogP contribution in [0.4, 0.5) is 0 Å². The van der Waals surface area contributed by atoms with Gasteiger partial charge in [0.15, 0.2) is 0 Å². The predicted octanol–water partition coefficient (Wildman–Crippen LogP) is -1.62. The third-order valence-corrected chi connectivity index (χ3v) is 1.50. The number of amides is 1. The minimum absolute atomic E-state index is 0.0413. The van der Waals surface area contributed by atoms with Crippen molar-refractivity contribution in [2.75, 3.05) is 33.9 Å². The van der Waals surface area contributed by atoms with Gasteiger partial charge >= 0.3 is 0 Å². The summed E-state index contributed by atoms with van der Waals surface area (Å²) in [5.41, 5.74) is 5.24. The number of rotatable bonds is 5. The van der Waals surface area contributed by atoms with Gasteiger partial charge in [0.2, 0.25) is 11.9 Å². The molecule has 0 rings (SSSR count). The molecule has 7 nitrogen and oxygen atoms in total. The summed E-state index contributed by atoms with van der Waals surface area (Å²) in [5.74, 6) is -0.317. The van der Waals surface area contributed by atoms with Gasteiger partial charge < -0.3 is 25.9 Å². The van der Waals surface area contributed by atoms with E-state index < -0.39 is 0 Å². The molecule has 0 bridgehead atoms. The van der Waals surface area contributed by atoms with E-state index >= 15 is 0 Å². The first-order chi connectivity index (χ1) is 6.61. The van der Waals surface area contributed by atoms with Gasteiger partial charge in [-0.2, -0.15) is 0 Å². The number of nitrogens with one attached hydrogen (secondary N) is 1. The maximum Gasteiger partial charge on any atom is 0.239 e. The SMILES string of the molecule is COCCNC(=O)CN(C)C(N)=NO. The van der Waals surface area contributed by atoms with Gasteiger partial charge in [-0.1, -0.05) is 5.16 Å². The molecular weight excluding hydrogens is 188 g/mol. The topological polar surface area (TPSA) is 100 Å². The zero-order valence-corrected chi connectivity index (χ0v) is 8.36. The summed E-state index contributed by atoms with van der Waals surface area (Å²) in [6, 6.07) is 0. The standard InChI is InChI=1S/C7H16N4O3/c1-11(7(8)10-13)5-6(12)9-3-4-14-2/h13H,3-5H2,1-2H3,(H2,8,10)(H,9,12). The molecule has 0 aliphatic heterocycles. The number of oxime groups is 1. The Balaban J connectivity index is 3.71. The molecule has 4 N–H and O–H groups in total. The molecule has 0 unspecified atom stereocenters. The second-order valence-corrected chi connectivity index (χ2v) is 2.66. The fourth-order valence-electron chi connectivity index (χ4n) is 0.721. The first kappa shape index (κ1) is 12.5. The summed E-state index contributed by atoms with van der Waals surface area (Å²) in [5, 5.41) is 13.7. The minimum Gasteiger partial charge on any atom is -0.408 e. The van der Waals surface area contributed by atoms with Gasteiger partial charge in [-0.3, -0.25) is 4.79 Å². The number of hydrogen-bond acceptors (Lipinski definition) is 4.